The molecular formula is C8H13NOS. The highest BCUT2D eigenvalue weighted by Gasteiger charge is 1.98. The van der Waals surface area contributed by atoms with Crippen molar-refractivity contribution in [2.45, 2.75) is 26.7 Å². The Morgan fingerprint density at radius 2 is 2.36 bits per heavy atom. The van der Waals surface area contributed by atoms with Crippen LogP contribution in [0.2, 0.25) is 0 Å². The Bertz CT molecular complexity index is 210. The molecule has 0 bridgehead atoms. The van der Waals surface area contributed by atoms with E-state index in [0.717, 1.165) is 30.3 Å². The summed E-state index contributed by atoms with van der Waals surface area (Å²) in [6.07, 6.45) is 2.04. The first-order valence-electron chi connectivity index (χ1n) is 3.94. The zero-order chi connectivity index (χ0) is 8.10. The topological polar surface area (TPSA) is 22.1 Å². The fraction of sp³-hybridized carbons (Fsp3) is 0.625. The number of nitrogens with zero attached hydrogens (tertiary/aromatic N) is 1. The van der Waals surface area contributed by atoms with Crippen LogP contribution in [0.3, 0.4) is 0 Å². The lowest BCUT2D eigenvalue weighted by atomic mass is 10.5. The molecule has 0 aromatic carbocycles. The lowest BCUT2D eigenvalue weighted by molar-refractivity contribution is 0.306. The minimum atomic E-state index is 0.771. The van der Waals surface area contributed by atoms with Crippen LogP contribution < -0.4 is 4.74 Å². The molecule has 0 unspecified atom stereocenters. The van der Waals surface area contributed by atoms with Crippen LogP contribution in [0.25, 0.3) is 0 Å². The molecule has 0 N–H and O–H groups in total. The van der Waals surface area contributed by atoms with E-state index in [9.17, 15) is 0 Å². The Morgan fingerprint density at radius 1 is 1.55 bits per heavy atom. The molecule has 1 heterocycles. The van der Waals surface area contributed by atoms with E-state index < -0.39 is 0 Å². The van der Waals surface area contributed by atoms with Gasteiger partial charge in [0.25, 0.3) is 0 Å². The van der Waals surface area contributed by atoms with Crippen molar-refractivity contribution < 1.29 is 4.74 Å². The van der Waals surface area contributed by atoms with Gasteiger partial charge in [0.15, 0.2) is 0 Å². The van der Waals surface area contributed by atoms with Crippen LogP contribution in [0.15, 0.2) is 5.38 Å². The fourth-order valence-electron chi connectivity index (χ4n) is 0.729. The standard InChI is InChI=1S/C8H13NOS/c1-3-5-10-7-6-11-8(4-2)9-7/h6H,3-5H2,1-2H3. The average Bonchev–Trinajstić information content (AvgIpc) is 2.48. The summed E-state index contributed by atoms with van der Waals surface area (Å²) in [5, 5.41) is 3.12. The molecule has 0 fully saturated rings. The zero-order valence-corrected chi connectivity index (χ0v) is 7.78. The van der Waals surface area contributed by atoms with Gasteiger partial charge >= 0.3 is 0 Å². The van der Waals surface area contributed by atoms with E-state index in [0.29, 0.717) is 0 Å². The van der Waals surface area contributed by atoms with Gasteiger partial charge in [-0.15, -0.1) is 11.3 Å². The monoisotopic (exact) mass is 171 g/mol. The van der Waals surface area contributed by atoms with Crippen LogP contribution in [0.4, 0.5) is 0 Å². The van der Waals surface area contributed by atoms with Gasteiger partial charge in [0, 0.05) is 0 Å². The van der Waals surface area contributed by atoms with Crippen LogP contribution in [-0.4, -0.2) is 11.6 Å². The van der Waals surface area contributed by atoms with Gasteiger partial charge in [-0.1, -0.05) is 13.8 Å². The summed E-state index contributed by atoms with van der Waals surface area (Å²) >= 11 is 1.66. The summed E-state index contributed by atoms with van der Waals surface area (Å²) in [4.78, 5) is 4.26. The highest BCUT2D eigenvalue weighted by Crippen LogP contribution is 2.16. The second kappa shape index (κ2) is 4.34. The average molecular weight is 171 g/mol. The number of aromatic nitrogens is 1. The third kappa shape index (κ3) is 2.50. The second-order valence-electron chi connectivity index (χ2n) is 2.28. The summed E-state index contributed by atoms with van der Waals surface area (Å²) in [6.45, 7) is 4.96. The highest BCUT2D eigenvalue weighted by molar-refractivity contribution is 7.09. The van der Waals surface area contributed by atoms with Crippen molar-refractivity contribution in [2.24, 2.45) is 0 Å². The maximum atomic E-state index is 5.34. The maximum Gasteiger partial charge on any atom is 0.224 e. The molecule has 1 aromatic heterocycles. The summed E-state index contributed by atoms with van der Waals surface area (Å²) in [5.74, 6) is 0.786. The molecule has 2 nitrogen and oxygen atoms in total. The van der Waals surface area contributed by atoms with E-state index in [1.54, 1.807) is 11.3 Å². The lowest BCUT2D eigenvalue weighted by Gasteiger charge is -1.97. The minimum absolute atomic E-state index is 0.771. The SMILES string of the molecule is CCCOc1csc(CC)n1. The third-order valence-electron chi connectivity index (χ3n) is 1.29. The number of thiazole rings is 1. The van der Waals surface area contributed by atoms with E-state index in [2.05, 4.69) is 18.8 Å². The Hall–Kier alpha value is -0.570. The number of aryl methyl sites for hydroxylation is 1. The van der Waals surface area contributed by atoms with Crippen molar-refractivity contribution in [3.05, 3.63) is 10.4 Å². The first-order chi connectivity index (χ1) is 5.36. The molecule has 0 aliphatic rings. The molecule has 0 aliphatic carbocycles. The van der Waals surface area contributed by atoms with E-state index in [1.807, 2.05) is 5.38 Å². The summed E-state index contributed by atoms with van der Waals surface area (Å²) in [7, 11) is 0. The highest BCUT2D eigenvalue weighted by atomic mass is 32.1. The fourth-order valence-corrected chi connectivity index (χ4v) is 1.40. The second-order valence-corrected chi connectivity index (χ2v) is 3.22. The van der Waals surface area contributed by atoms with Crippen molar-refractivity contribution in [2.75, 3.05) is 6.61 Å². The zero-order valence-electron chi connectivity index (χ0n) is 6.96. The maximum absolute atomic E-state index is 5.34. The Balaban J connectivity index is 2.44. The number of rotatable bonds is 4. The largest absolute Gasteiger partial charge is 0.477 e. The van der Waals surface area contributed by atoms with Crippen LogP contribution in [0.1, 0.15) is 25.3 Å². The van der Waals surface area contributed by atoms with E-state index >= 15 is 0 Å². The normalized spacial score (nSPS) is 10.0. The Kier molecular flexibility index (Phi) is 3.36. The Labute approximate surface area is 71.2 Å². The number of hydrogen-bond acceptors (Lipinski definition) is 3. The van der Waals surface area contributed by atoms with Gasteiger partial charge in [0.1, 0.15) is 0 Å². The quantitative estimate of drug-likeness (QED) is 0.694. The van der Waals surface area contributed by atoms with Gasteiger partial charge < -0.3 is 4.74 Å². The van der Waals surface area contributed by atoms with Gasteiger partial charge in [-0.05, 0) is 12.8 Å². The summed E-state index contributed by atoms with van der Waals surface area (Å²) < 4.78 is 5.34. The molecular weight excluding hydrogens is 158 g/mol. The molecule has 0 aliphatic heterocycles. The number of ether oxygens (including phenoxy) is 1. The van der Waals surface area contributed by atoms with Crippen molar-refractivity contribution in [1.29, 1.82) is 0 Å². The summed E-state index contributed by atoms with van der Waals surface area (Å²) in [5.41, 5.74) is 0. The molecule has 0 saturated heterocycles. The van der Waals surface area contributed by atoms with Crippen LogP contribution in [0.5, 0.6) is 5.88 Å². The molecule has 0 amide bonds. The Morgan fingerprint density at radius 3 is 2.91 bits per heavy atom. The van der Waals surface area contributed by atoms with Crippen molar-refractivity contribution in [1.82, 2.24) is 4.98 Å². The third-order valence-corrected chi connectivity index (χ3v) is 2.26. The molecule has 0 atom stereocenters. The molecule has 11 heavy (non-hydrogen) atoms. The molecule has 1 rings (SSSR count). The molecule has 0 radical (unpaired) electrons. The lowest BCUT2D eigenvalue weighted by Crippen LogP contribution is -1.94. The van der Waals surface area contributed by atoms with Crippen LogP contribution >= 0.6 is 11.3 Å². The van der Waals surface area contributed by atoms with E-state index in [-0.39, 0.29) is 0 Å². The van der Waals surface area contributed by atoms with Gasteiger partial charge in [-0.3, -0.25) is 0 Å². The van der Waals surface area contributed by atoms with Gasteiger partial charge in [-0.25, -0.2) is 4.98 Å². The van der Waals surface area contributed by atoms with E-state index in [1.165, 1.54) is 0 Å². The van der Waals surface area contributed by atoms with E-state index in [4.69, 9.17) is 4.74 Å². The summed E-state index contributed by atoms with van der Waals surface area (Å²) in [6, 6.07) is 0. The molecule has 1 aromatic rings. The predicted octanol–water partition coefficient (Wildman–Crippen LogP) is 2.49. The van der Waals surface area contributed by atoms with Crippen molar-refractivity contribution in [3.63, 3.8) is 0 Å². The first-order valence-corrected chi connectivity index (χ1v) is 4.82. The smallest absolute Gasteiger partial charge is 0.224 e. The predicted molar refractivity (Wildman–Crippen MR) is 47.3 cm³/mol. The molecule has 0 saturated carbocycles. The van der Waals surface area contributed by atoms with Crippen LogP contribution in [-0.2, 0) is 6.42 Å². The molecule has 3 heteroatoms. The van der Waals surface area contributed by atoms with Gasteiger partial charge in [0.05, 0.1) is 17.0 Å². The number of hydrogen-bond donors (Lipinski definition) is 0. The molecule has 62 valence electrons. The van der Waals surface area contributed by atoms with Crippen LogP contribution in [0, 0.1) is 0 Å². The first kappa shape index (κ1) is 8.53. The van der Waals surface area contributed by atoms with Crippen molar-refractivity contribution >= 4 is 11.3 Å². The van der Waals surface area contributed by atoms with Gasteiger partial charge in [-0.2, -0.15) is 0 Å². The minimum Gasteiger partial charge on any atom is -0.477 e. The van der Waals surface area contributed by atoms with Crippen molar-refractivity contribution in [3.8, 4) is 5.88 Å². The van der Waals surface area contributed by atoms with Gasteiger partial charge in [0.2, 0.25) is 5.88 Å². The molecule has 0 spiro atoms.